The summed E-state index contributed by atoms with van der Waals surface area (Å²) < 4.78 is 0. The fourth-order valence-corrected chi connectivity index (χ4v) is 3.58. The lowest BCUT2D eigenvalue weighted by atomic mass is 9.93. The molecule has 2 N–H and O–H groups in total. The lowest BCUT2D eigenvalue weighted by Crippen LogP contribution is -2.50. The van der Waals surface area contributed by atoms with Crippen molar-refractivity contribution in [1.82, 2.24) is 15.5 Å². The van der Waals surface area contributed by atoms with E-state index in [0.717, 1.165) is 38.4 Å². The standard InChI is InChI=1S/C17H33N3O.ClH/c1-13(2)16(20-10-6-14(3)7-11-20)12-19-17(21)15-4-8-18-9-5-15;/h13-16,18H,4-12H2,1-3H3,(H,19,21);1H. The van der Waals surface area contributed by atoms with E-state index in [-0.39, 0.29) is 24.2 Å². The van der Waals surface area contributed by atoms with E-state index in [9.17, 15) is 4.79 Å². The third-order valence-corrected chi connectivity index (χ3v) is 5.25. The number of rotatable bonds is 5. The molecule has 2 aliphatic heterocycles. The number of carbonyl (C=O) groups excluding carboxylic acids is 1. The van der Waals surface area contributed by atoms with Gasteiger partial charge in [0, 0.05) is 18.5 Å². The number of carbonyl (C=O) groups is 1. The fraction of sp³-hybridized carbons (Fsp3) is 0.941. The third-order valence-electron chi connectivity index (χ3n) is 5.25. The van der Waals surface area contributed by atoms with Crippen LogP contribution in [0.25, 0.3) is 0 Å². The van der Waals surface area contributed by atoms with Crippen LogP contribution >= 0.6 is 12.4 Å². The highest BCUT2D eigenvalue weighted by Gasteiger charge is 2.27. The Kier molecular flexibility index (Phi) is 8.73. The Morgan fingerprint density at radius 1 is 1.18 bits per heavy atom. The van der Waals surface area contributed by atoms with E-state index in [1.807, 2.05) is 0 Å². The molecule has 0 aliphatic carbocycles. The minimum Gasteiger partial charge on any atom is -0.354 e. The Morgan fingerprint density at radius 2 is 1.77 bits per heavy atom. The number of piperidine rings is 2. The Hall–Kier alpha value is -0.320. The van der Waals surface area contributed by atoms with Crippen LogP contribution in [0.15, 0.2) is 0 Å². The average molecular weight is 332 g/mol. The summed E-state index contributed by atoms with van der Waals surface area (Å²) in [4.78, 5) is 14.9. The first kappa shape index (κ1) is 19.7. The number of likely N-dealkylation sites (tertiary alicyclic amines) is 1. The van der Waals surface area contributed by atoms with Gasteiger partial charge < -0.3 is 10.6 Å². The predicted molar refractivity (Wildman–Crippen MR) is 94.4 cm³/mol. The molecule has 1 atom stereocenters. The number of hydrogen-bond acceptors (Lipinski definition) is 3. The van der Waals surface area contributed by atoms with Gasteiger partial charge in [-0.1, -0.05) is 20.8 Å². The lowest BCUT2D eigenvalue weighted by molar-refractivity contribution is -0.126. The van der Waals surface area contributed by atoms with Crippen LogP contribution in [-0.2, 0) is 4.79 Å². The molecule has 0 saturated carbocycles. The second kappa shape index (κ2) is 9.74. The first-order valence-corrected chi connectivity index (χ1v) is 8.80. The van der Waals surface area contributed by atoms with Crippen LogP contribution in [0.1, 0.15) is 46.5 Å². The van der Waals surface area contributed by atoms with Crippen molar-refractivity contribution in [1.29, 1.82) is 0 Å². The topological polar surface area (TPSA) is 44.4 Å². The molecule has 0 aromatic heterocycles. The summed E-state index contributed by atoms with van der Waals surface area (Å²) in [6.45, 7) is 12.1. The zero-order valence-electron chi connectivity index (χ0n) is 14.4. The van der Waals surface area contributed by atoms with Gasteiger partial charge in [-0.3, -0.25) is 9.69 Å². The largest absolute Gasteiger partial charge is 0.354 e. The predicted octanol–water partition coefficient (Wildman–Crippen LogP) is 2.28. The average Bonchev–Trinajstić information content (AvgIpc) is 2.49. The SMILES string of the molecule is CC1CCN(C(CNC(=O)C2CCNCC2)C(C)C)CC1.Cl. The van der Waals surface area contributed by atoms with Gasteiger partial charge in [-0.25, -0.2) is 0 Å². The first-order chi connectivity index (χ1) is 10.1. The minimum absolute atomic E-state index is 0. The van der Waals surface area contributed by atoms with Crippen LogP contribution in [-0.4, -0.2) is 49.6 Å². The van der Waals surface area contributed by atoms with Crippen molar-refractivity contribution in [3.8, 4) is 0 Å². The van der Waals surface area contributed by atoms with E-state index < -0.39 is 0 Å². The number of hydrogen-bond donors (Lipinski definition) is 2. The summed E-state index contributed by atoms with van der Waals surface area (Å²) in [6, 6.07) is 0.489. The quantitative estimate of drug-likeness (QED) is 0.812. The van der Waals surface area contributed by atoms with Crippen molar-refractivity contribution in [3.63, 3.8) is 0 Å². The Labute approximate surface area is 142 Å². The van der Waals surface area contributed by atoms with Crippen LogP contribution in [0.5, 0.6) is 0 Å². The maximum absolute atomic E-state index is 12.3. The molecule has 2 saturated heterocycles. The smallest absolute Gasteiger partial charge is 0.223 e. The number of nitrogens with zero attached hydrogens (tertiary/aromatic N) is 1. The molecule has 0 radical (unpaired) electrons. The molecule has 5 heteroatoms. The van der Waals surface area contributed by atoms with Crippen molar-refractivity contribution < 1.29 is 4.79 Å². The molecule has 2 heterocycles. The molecule has 0 spiro atoms. The summed E-state index contributed by atoms with van der Waals surface area (Å²) in [5, 5.41) is 6.55. The van der Waals surface area contributed by atoms with Crippen LogP contribution in [0, 0.1) is 17.8 Å². The number of amides is 1. The van der Waals surface area contributed by atoms with E-state index in [0.29, 0.717) is 12.0 Å². The summed E-state index contributed by atoms with van der Waals surface area (Å²) >= 11 is 0. The van der Waals surface area contributed by atoms with Gasteiger partial charge in [-0.15, -0.1) is 12.4 Å². The van der Waals surface area contributed by atoms with Gasteiger partial charge in [-0.2, -0.15) is 0 Å². The Morgan fingerprint density at radius 3 is 2.32 bits per heavy atom. The highest BCUT2D eigenvalue weighted by atomic mass is 35.5. The summed E-state index contributed by atoms with van der Waals surface area (Å²) in [7, 11) is 0. The number of halogens is 1. The lowest BCUT2D eigenvalue weighted by Gasteiger charge is -2.39. The van der Waals surface area contributed by atoms with Crippen LogP contribution in [0.4, 0.5) is 0 Å². The molecule has 0 aromatic carbocycles. The van der Waals surface area contributed by atoms with Crippen LogP contribution in [0.2, 0.25) is 0 Å². The second-order valence-corrected chi connectivity index (χ2v) is 7.30. The molecule has 0 bridgehead atoms. The summed E-state index contributed by atoms with van der Waals surface area (Å²) in [6.07, 6.45) is 4.57. The van der Waals surface area contributed by atoms with Crippen molar-refractivity contribution in [3.05, 3.63) is 0 Å². The van der Waals surface area contributed by atoms with Gasteiger partial charge >= 0.3 is 0 Å². The summed E-state index contributed by atoms with van der Waals surface area (Å²) in [5.74, 6) is 1.94. The Bertz CT molecular complexity index is 324. The molecule has 1 unspecified atom stereocenters. The van der Waals surface area contributed by atoms with Gasteiger partial charge in [0.1, 0.15) is 0 Å². The highest BCUT2D eigenvalue weighted by Crippen LogP contribution is 2.21. The van der Waals surface area contributed by atoms with Gasteiger partial charge in [-0.05, 0) is 63.7 Å². The molecule has 2 rings (SSSR count). The normalized spacial score (nSPS) is 23.1. The molecule has 2 fully saturated rings. The monoisotopic (exact) mass is 331 g/mol. The molecule has 1 amide bonds. The zero-order valence-corrected chi connectivity index (χ0v) is 15.3. The maximum atomic E-state index is 12.3. The van der Waals surface area contributed by atoms with Gasteiger partial charge in [0.05, 0.1) is 0 Å². The first-order valence-electron chi connectivity index (χ1n) is 8.80. The molecule has 2 aliphatic rings. The molecule has 22 heavy (non-hydrogen) atoms. The van der Waals surface area contributed by atoms with E-state index in [2.05, 4.69) is 36.3 Å². The van der Waals surface area contributed by atoms with Crippen LogP contribution in [0.3, 0.4) is 0 Å². The molecular weight excluding hydrogens is 298 g/mol. The van der Waals surface area contributed by atoms with Crippen molar-refractivity contribution >= 4 is 18.3 Å². The highest BCUT2D eigenvalue weighted by molar-refractivity contribution is 5.85. The summed E-state index contributed by atoms with van der Waals surface area (Å²) in [5.41, 5.74) is 0. The minimum atomic E-state index is 0. The second-order valence-electron chi connectivity index (χ2n) is 7.30. The van der Waals surface area contributed by atoms with Gasteiger partial charge in [0.2, 0.25) is 5.91 Å². The van der Waals surface area contributed by atoms with Crippen molar-refractivity contribution in [2.75, 3.05) is 32.7 Å². The van der Waals surface area contributed by atoms with E-state index in [1.54, 1.807) is 0 Å². The third kappa shape index (κ3) is 5.71. The molecule has 130 valence electrons. The van der Waals surface area contributed by atoms with E-state index >= 15 is 0 Å². The molecule has 0 aromatic rings. The molecule has 4 nitrogen and oxygen atoms in total. The van der Waals surface area contributed by atoms with Crippen LogP contribution < -0.4 is 10.6 Å². The fourth-order valence-electron chi connectivity index (χ4n) is 3.58. The van der Waals surface area contributed by atoms with Gasteiger partial charge in [0.25, 0.3) is 0 Å². The molecular formula is C17H34ClN3O. The van der Waals surface area contributed by atoms with Crippen molar-refractivity contribution in [2.45, 2.75) is 52.5 Å². The van der Waals surface area contributed by atoms with Gasteiger partial charge in [0.15, 0.2) is 0 Å². The zero-order chi connectivity index (χ0) is 15.2. The number of nitrogens with one attached hydrogen (secondary N) is 2. The van der Waals surface area contributed by atoms with Crippen molar-refractivity contribution in [2.24, 2.45) is 17.8 Å². The maximum Gasteiger partial charge on any atom is 0.223 e. The Balaban J connectivity index is 0.00000242. The van der Waals surface area contributed by atoms with E-state index in [1.165, 1.54) is 25.9 Å². The van der Waals surface area contributed by atoms with E-state index in [4.69, 9.17) is 0 Å².